The van der Waals surface area contributed by atoms with Crippen LogP contribution in [0, 0.1) is 11.6 Å². The number of carbonyl (C=O) groups is 1. The number of benzene rings is 1. The zero-order valence-electron chi connectivity index (χ0n) is 9.06. The Morgan fingerprint density at radius 3 is 2.56 bits per heavy atom. The third kappa shape index (κ3) is 2.78. The fourth-order valence-corrected chi connectivity index (χ4v) is 1.87. The number of thiophene rings is 1. The maximum absolute atomic E-state index is 13.2. The quantitative estimate of drug-likeness (QED) is 0.673. The molecule has 3 nitrogen and oxygen atoms in total. The Morgan fingerprint density at radius 2 is 1.94 bits per heavy atom. The summed E-state index contributed by atoms with van der Waals surface area (Å²) in [6, 6.07) is 6.84. The van der Waals surface area contributed by atoms with E-state index < -0.39 is 17.5 Å². The van der Waals surface area contributed by atoms with Gasteiger partial charge in [0.15, 0.2) is 0 Å². The molecule has 1 aromatic heterocycles. The molecule has 0 saturated heterocycles. The van der Waals surface area contributed by atoms with Crippen LogP contribution >= 0.6 is 11.3 Å². The summed E-state index contributed by atoms with van der Waals surface area (Å²) in [6.45, 7) is 0. The first-order chi connectivity index (χ1) is 8.68. The van der Waals surface area contributed by atoms with Crippen molar-refractivity contribution in [1.29, 1.82) is 0 Å². The maximum atomic E-state index is 13.2. The molecule has 2 rings (SSSR count). The molecule has 0 aliphatic rings. The number of halogens is 2. The molecule has 1 aromatic carbocycles. The van der Waals surface area contributed by atoms with Gasteiger partial charge in [-0.2, -0.15) is 5.10 Å². The summed E-state index contributed by atoms with van der Waals surface area (Å²) in [5.41, 5.74) is 1.91. The second-order valence-corrected chi connectivity index (χ2v) is 4.26. The van der Waals surface area contributed by atoms with Crippen LogP contribution in [-0.2, 0) is 0 Å². The largest absolute Gasteiger partial charge is 0.281 e. The zero-order chi connectivity index (χ0) is 13.0. The van der Waals surface area contributed by atoms with Crippen molar-refractivity contribution in [3.8, 4) is 0 Å². The van der Waals surface area contributed by atoms with Crippen LogP contribution in [0.1, 0.15) is 15.2 Å². The molecule has 2 aromatic rings. The minimum atomic E-state index is -0.732. The smallest absolute Gasteiger partial charge is 0.266 e. The van der Waals surface area contributed by atoms with Crippen LogP contribution < -0.4 is 5.43 Å². The highest BCUT2D eigenvalue weighted by atomic mass is 32.1. The lowest BCUT2D eigenvalue weighted by Gasteiger charge is -1.98. The number of hydrogen-bond acceptors (Lipinski definition) is 3. The van der Waals surface area contributed by atoms with Crippen molar-refractivity contribution in [3.63, 3.8) is 0 Å². The van der Waals surface area contributed by atoms with Gasteiger partial charge in [-0.25, -0.2) is 14.2 Å². The van der Waals surface area contributed by atoms with Crippen LogP contribution in [-0.4, -0.2) is 12.1 Å². The van der Waals surface area contributed by atoms with Crippen LogP contribution in [0.5, 0.6) is 0 Å². The number of amides is 1. The van der Waals surface area contributed by atoms with Gasteiger partial charge in [-0.1, -0.05) is 12.1 Å². The third-order valence-electron chi connectivity index (χ3n) is 2.10. The average Bonchev–Trinajstić information content (AvgIpc) is 2.86. The molecule has 0 atom stereocenters. The van der Waals surface area contributed by atoms with E-state index in [-0.39, 0.29) is 5.56 Å². The van der Waals surface area contributed by atoms with Gasteiger partial charge in [-0.3, -0.25) is 4.79 Å². The topological polar surface area (TPSA) is 41.5 Å². The standard InChI is InChI=1S/C12H8F2N2OS/c13-9-3-1-4-10(14)8(9)7-15-16-12(17)11-5-2-6-18-11/h1-7H,(H,16,17)/b15-7-. The summed E-state index contributed by atoms with van der Waals surface area (Å²) < 4.78 is 26.4. The first-order valence-electron chi connectivity index (χ1n) is 4.99. The molecule has 0 spiro atoms. The predicted molar refractivity (Wildman–Crippen MR) is 65.7 cm³/mol. The second-order valence-electron chi connectivity index (χ2n) is 3.31. The first-order valence-corrected chi connectivity index (χ1v) is 5.87. The van der Waals surface area contributed by atoms with Gasteiger partial charge in [-0.05, 0) is 23.6 Å². The Hall–Kier alpha value is -2.08. The number of carbonyl (C=O) groups excluding carboxylic acids is 1. The van der Waals surface area contributed by atoms with Gasteiger partial charge in [0.2, 0.25) is 0 Å². The van der Waals surface area contributed by atoms with Crippen molar-refractivity contribution in [3.05, 3.63) is 57.8 Å². The van der Waals surface area contributed by atoms with E-state index in [0.717, 1.165) is 18.3 Å². The van der Waals surface area contributed by atoms with E-state index >= 15 is 0 Å². The molecule has 0 aliphatic carbocycles. The first kappa shape index (κ1) is 12.4. The van der Waals surface area contributed by atoms with Crippen LogP contribution in [0.3, 0.4) is 0 Å². The molecule has 18 heavy (non-hydrogen) atoms. The van der Waals surface area contributed by atoms with Gasteiger partial charge in [0.05, 0.1) is 16.7 Å². The molecule has 92 valence electrons. The number of rotatable bonds is 3. The molecule has 0 saturated carbocycles. The molecular formula is C12H8F2N2OS. The third-order valence-corrected chi connectivity index (χ3v) is 2.97. The summed E-state index contributed by atoms with van der Waals surface area (Å²) in [6.07, 6.45) is 0.941. The van der Waals surface area contributed by atoms with Crippen molar-refractivity contribution in [2.75, 3.05) is 0 Å². The van der Waals surface area contributed by atoms with Crippen molar-refractivity contribution in [1.82, 2.24) is 5.43 Å². The fourth-order valence-electron chi connectivity index (χ4n) is 1.25. The zero-order valence-corrected chi connectivity index (χ0v) is 9.88. The molecule has 1 heterocycles. The normalized spacial score (nSPS) is 10.8. The summed E-state index contributed by atoms with van der Waals surface area (Å²) in [7, 11) is 0. The van der Waals surface area contributed by atoms with Crippen molar-refractivity contribution in [2.24, 2.45) is 5.10 Å². The van der Waals surface area contributed by atoms with E-state index in [9.17, 15) is 13.6 Å². The summed E-state index contributed by atoms with van der Waals surface area (Å²) in [5, 5.41) is 5.27. The Balaban J connectivity index is 2.06. The molecule has 6 heteroatoms. The van der Waals surface area contributed by atoms with Gasteiger partial charge in [0, 0.05) is 0 Å². The molecule has 0 radical (unpaired) electrons. The van der Waals surface area contributed by atoms with E-state index in [1.54, 1.807) is 17.5 Å². The van der Waals surface area contributed by atoms with E-state index in [2.05, 4.69) is 10.5 Å². The van der Waals surface area contributed by atoms with E-state index in [1.807, 2.05) is 0 Å². The molecular weight excluding hydrogens is 258 g/mol. The lowest BCUT2D eigenvalue weighted by molar-refractivity contribution is 0.0959. The monoisotopic (exact) mass is 266 g/mol. The Labute approximate surface area is 106 Å². The highest BCUT2D eigenvalue weighted by molar-refractivity contribution is 7.12. The lowest BCUT2D eigenvalue weighted by Crippen LogP contribution is -2.16. The van der Waals surface area contributed by atoms with Crippen molar-refractivity contribution < 1.29 is 13.6 Å². The fraction of sp³-hybridized carbons (Fsp3) is 0. The Morgan fingerprint density at radius 1 is 1.22 bits per heavy atom. The Kier molecular flexibility index (Phi) is 3.78. The van der Waals surface area contributed by atoms with Gasteiger partial charge >= 0.3 is 0 Å². The molecule has 1 N–H and O–H groups in total. The molecule has 1 amide bonds. The molecule has 0 bridgehead atoms. The number of hydrazone groups is 1. The Bertz CT molecular complexity index is 562. The molecule has 0 fully saturated rings. The lowest BCUT2D eigenvalue weighted by atomic mass is 10.2. The van der Waals surface area contributed by atoms with Gasteiger partial charge in [-0.15, -0.1) is 11.3 Å². The van der Waals surface area contributed by atoms with Crippen molar-refractivity contribution in [2.45, 2.75) is 0 Å². The van der Waals surface area contributed by atoms with Gasteiger partial charge in [0.25, 0.3) is 5.91 Å². The minimum absolute atomic E-state index is 0.288. The number of nitrogens with zero attached hydrogens (tertiary/aromatic N) is 1. The van der Waals surface area contributed by atoms with Gasteiger partial charge in [0.1, 0.15) is 11.6 Å². The van der Waals surface area contributed by atoms with E-state index in [0.29, 0.717) is 4.88 Å². The van der Waals surface area contributed by atoms with Crippen LogP contribution in [0.4, 0.5) is 8.78 Å². The van der Waals surface area contributed by atoms with Crippen LogP contribution in [0.2, 0.25) is 0 Å². The highest BCUT2D eigenvalue weighted by Crippen LogP contribution is 2.10. The van der Waals surface area contributed by atoms with Gasteiger partial charge < -0.3 is 0 Å². The summed E-state index contributed by atoms with van der Waals surface area (Å²) in [4.78, 5) is 11.9. The number of hydrogen-bond donors (Lipinski definition) is 1. The SMILES string of the molecule is O=C(N/N=C\c1c(F)cccc1F)c1cccs1. The van der Waals surface area contributed by atoms with E-state index in [1.165, 1.54) is 17.4 Å². The maximum Gasteiger partial charge on any atom is 0.281 e. The molecule has 0 unspecified atom stereocenters. The number of nitrogens with one attached hydrogen (secondary N) is 1. The highest BCUT2D eigenvalue weighted by Gasteiger charge is 2.06. The molecule has 0 aliphatic heterocycles. The summed E-state index contributed by atoms with van der Waals surface area (Å²) in [5.74, 6) is -1.88. The summed E-state index contributed by atoms with van der Waals surface area (Å²) >= 11 is 1.25. The average molecular weight is 266 g/mol. The predicted octanol–water partition coefficient (Wildman–Crippen LogP) is 2.79. The van der Waals surface area contributed by atoms with Crippen LogP contribution in [0.15, 0.2) is 40.8 Å². The van der Waals surface area contributed by atoms with Crippen LogP contribution in [0.25, 0.3) is 0 Å². The minimum Gasteiger partial charge on any atom is -0.266 e. The van der Waals surface area contributed by atoms with E-state index in [4.69, 9.17) is 0 Å². The van der Waals surface area contributed by atoms with Crippen molar-refractivity contribution >= 4 is 23.5 Å². The second kappa shape index (κ2) is 5.50.